The van der Waals surface area contributed by atoms with Crippen molar-refractivity contribution in [3.05, 3.63) is 29.3 Å². The van der Waals surface area contributed by atoms with Crippen LogP contribution in [-0.2, 0) is 6.42 Å². The summed E-state index contributed by atoms with van der Waals surface area (Å²) in [6, 6.07) is 2.03. The van der Waals surface area contributed by atoms with Crippen molar-refractivity contribution in [1.82, 2.24) is 35.4 Å². The van der Waals surface area contributed by atoms with Crippen LogP contribution < -0.4 is 5.32 Å². The summed E-state index contributed by atoms with van der Waals surface area (Å²) in [5.74, 6) is -0.257. The second-order valence-electron chi connectivity index (χ2n) is 7.26. The zero-order valence-corrected chi connectivity index (χ0v) is 16.1. The number of likely N-dealkylation sites (tertiary alicyclic amines) is 1. The van der Waals surface area contributed by atoms with E-state index in [4.69, 9.17) is 0 Å². The van der Waals surface area contributed by atoms with Gasteiger partial charge in [-0.3, -0.25) is 14.7 Å². The maximum atomic E-state index is 12.6. The van der Waals surface area contributed by atoms with Crippen molar-refractivity contribution in [2.75, 3.05) is 13.1 Å². The third-order valence-corrected chi connectivity index (χ3v) is 4.66. The summed E-state index contributed by atoms with van der Waals surface area (Å²) in [4.78, 5) is 26.4. The highest BCUT2D eigenvalue weighted by atomic mass is 16.2. The molecule has 27 heavy (non-hydrogen) atoms. The molecule has 2 amide bonds. The molecule has 9 heteroatoms. The zero-order chi connectivity index (χ0) is 19.4. The number of nitrogens with one attached hydrogen (secondary N) is 2. The third-order valence-electron chi connectivity index (χ3n) is 4.66. The van der Waals surface area contributed by atoms with E-state index in [0.29, 0.717) is 24.5 Å². The zero-order valence-electron chi connectivity index (χ0n) is 16.1. The van der Waals surface area contributed by atoms with Gasteiger partial charge in [-0.25, -0.2) is 4.68 Å². The van der Waals surface area contributed by atoms with Gasteiger partial charge in [0.2, 0.25) is 0 Å². The lowest BCUT2D eigenvalue weighted by Gasteiger charge is -2.31. The van der Waals surface area contributed by atoms with Crippen molar-refractivity contribution in [2.24, 2.45) is 0 Å². The van der Waals surface area contributed by atoms with Gasteiger partial charge in [0.15, 0.2) is 5.69 Å². The number of carbonyl (C=O) groups is 2. The number of hydrogen-bond acceptors (Lipinski definition) is 5. The lowest BCUT2D eigenvalue weighted by atomic mass is 10.0. The number of H-pyrrole nitrogens is 1. The van der Waals surface area contributed by atoms with Crippen LogP contribution in [0.1, 0.15) is 72.7 Å². The van der Waals surface area contributed by atoms with Crippen molar-refractivity contribution in [1.29, 1.82) is 0 Å². The minimum absolute atomic E-state index is 0.0392. The van der Waals surface area contributed by atoms with Crippen LogP contribution in [0.15, 0.2) is 12.3 Å². The van der Waals surface area contributed by atoms with Gasteiger partial charge in [-0.05, 0) is 39.2 Å². The molecule has 0 spiro atoms. The molecule has 0 atom stereocenters. The number of carbonyl (C=O) groups excluding carboxylic acids is 2. The summed E-state index contributed by atoms with van der Waals surface area (Å²) in [6.45, 7) is 7.16. The van der Waals surface area contributed by atoms with E-state index in [1.54, 1.807) is 10.9 Å². The minimum atomic E-state index is -0.217. The molecule has 1 fully saturated rings. The van der Waals surface area contributed by atoms with E-state index in [9.17, 15) is 9.59 Å². The van der Waals surface area contributed by atoms with Crippen LogP contribution in [0.25, 0.3) is 0 Å². The van der Waals surface area contributed by atoms with E-state index >= 15 is 0 Å². The maximum Gasteiger partial charge on any atom is 0.274 e. The normalized spacial score (nSPS) is 15.3. The molecule has 0 radical (unpaired) electrons. The first kappa shape index (κ1) is 19.1. The van der Waals surface area contributed by atoms with Crippen molar-refractivity contribution in [2.45, 2.75) is 58.5 Å². The highest BCUT2D eigenvalue weighted by Gasteiger charge is 2.27. The molecule has 0 saturated carbocycles. The molecule has 1 aliphatic rings. The first-order valence-electron chi connectivity index (χ1n) is 9.54. The van der Waals surface area contributed by atoms with Gasteiger partial charge in [0.05, 0.1) is 12.2 Å². The SMILES string of the molecule is CCCc1cc(C(=O)N2CCC(n3cc(C(=O)NC(C)C)nn3)CC2)n[nH]1. The quantitative estimate of drug-likeness (QED) is 0.799. The van der Waals surface area contributed by atoms with E-state index in [1.165, 1.54) is 0 Å². The van der Waals surface area contributed by atoms with Crippen molar-refractivity contribution < 1.29 is 9.59 Å². The minimum Gasteiger partial charge on any atom is -0.348 e. The van der Waals surface area contributed by atoms with Gasteiger partial charge in [0.1, 0.15) is 5.69 Å². The highest BCUT2D eigenvalue weighted by molar-refractivity contribution is 5.92. The summed E-state index contributed by atoms with van der Waals surface area (Å²) in [6.07, 6.45) is 5.13. The van der Waals surface area contributed by atoms with Crippen LogP contribution in [0.3, 0.4) is 0 Å². The number of amides is 2. The summed E-state index contributed by atoms with van der Waals surface area (Å²) in [7, 11) is 0. The highest BCUT2D eigenvalue weighted by Crippen LogP contribution is 2.23. The molecule has 3 rings (SSSR count). The summed E-state index contributed by atoms with van der Waals surface area (Å²) >= 11 is 0. The summed E-state index contributed by atoms with van der Waals surface area (Å²) < 4.78 is 1.74. The molecule has 0 aliphatic carbocycles. The first-order valence-corrected chi connectivity index (χ1v) is 9.54. The topological polar surface area (TPSA) is 109 Å². The Morgan fingerprint density at radius 1 is 1.30 bits per heavy atom. The number of piperidine rings is 1. The molecule has 0 unspecified atom stereocenters. The van der Waals surface area contributed by atoms with Gasteiger partial charge in [-0.15, -0.1) is 5.10 Å². The molecule has 0 aromatic carbocycles. The van der Waals surface area contributed by atoms with Gasteiger partial charge in [-0.1, -0.05) is 18.6 Å². The molecule has 2 aromatic heterocycles. The van der Waals surface area contributed by atoms with Crippen LogP contribution in [0.2, 0.25) is 0 Å². The molecule has 146 valence electrons. The second kappa shape index (κ2) is 8.32. The fourth-order valence-electron chi connectivity index (χ4n) is 3.26. The molecule has 2 aromatic rings. The smallest absolute Gasteiger partial charge is 0.274 e. The van der Waals surface area contributed by atoms with Gasteiger partial charge in [0.25, 0.3) is 11.8 Å². The Morgan fingerprint density at radius 3 is 2.70 bits per heavy atom. The van der Waals surface area contributed by atoms with Crippen LogP contribution >= 0.6 is 0 Å². The second-order valence-corrected chi connectivity index (χ2v) is 7.26. The van der Waals surface area contributed by atoms with E-state index in [-0.39, 0.29) is 23.9 Å². The van der Waals surface area contributed by atoms with Gasteiger partial charge < -0.3 is 10.2 Å². The predicted molar refractivity (Wildman–Crippen MR) is 99.4 cm³/mol. The van der Waals surface area contributed by atoms with Crippen LogP contribution in [-0.4, -0.2) is 61.0 Å². The maximum absolute atomic E-state index is 12.6. The van der Waals surface area contributed by atoms with E-state index in [1.807, 2.05) is 24.8 Å². The van der Waals surface area contributed by atoms with Crippen LogP contribution in [0, 0.1) is 0 Å². The molecule has 0 bridgehead atoms. The Morgan fingerprint density at radius 2 is 2.04 bits per heavy atom. The molecule has 1 saturated heterocycles. The largest absolute Gasteiger partial charge is 0.348 e. The number of aryl methyl sites for hydroxylation is 1. The van der Waals surface area contributed by atoms with Crippen molar-refractivity contribution in [3.8, 4) is 0 Å². The Kier molecular flexibility index (Phi) is 5.88. The fraction of sp³-hybridized carbons (Fsp3) is 0.611. The number of rotatable bonds is 6. The average molecular weight is 373 g/mol. The molecular weight excluding hydrogens is 346 g/mol. The first-order chi connectivity index (χ1) is 13.0. The van der Waals surface area contributed by atoms with Crippen LogP contribution in [0.5, 0.6) is 0 Å². The van der Waals surface area contributed by atoms with Crippen LogP contribution in [0.4, 0.5) is 0 Å². The third kappa shape index (κ3) is 4.53. The van der Waals surface area contributed by atoms with E-state index in [2.05, 4.69) is 32.7 Å². The van der Waals surface area contributed by atoms with Crippen molar-refractivity contribution in [3.63, 3.8) is 0 Å². The van der Waals surface area contributed by atoms with E-state index < -0.39 is 0 Å². The molecule has 3 heterocycles. The molecule has 2 N–H and O–H groups in total. The Hall–Kier alpha value is -2.71. The molecule has 1 aliphatic heterocycles. The Bertz CT molecular complexity index is 787. The van der Waals surface area contributed by atoms with Gasteiger partial charge in [-0.2, -0.15) is 5.10 Å². The number of aromatic nitrogens is 5. The lowest BCUT2D eigenvalue weighted by molar-refractivity contribution is 0.0683. The van der Waals surface area contributed by atoms with Crippen molar-refractivity contribution >= 4 is 11.8 Å². The predicted octanol–water partition coefficient (Wildman–Crippen LogP) is 1.57. The summed E-state index contributed by atoms with van der Waals surface area (Å²) in [5.41, 5.74) is 1.79. The number of aromatic amines is 1. The molecule has 9 nitrogen and oxygen atoms in total. The Balaban J connectivity index is 1.56. The van der Waals surface area contributed by atoms with Gasteiger partial charge in [0, 0.05) is 24.8 Å². The van der Waals surface area contributed by atoms with E-state index in [0.717, 1.165) is 31.4 Å². The monoisotopic (exact) mass is 373 g/mol. The molecular formula is C18H27N7O2. The standard InChI is InChI=1S/C18H27N7O2/c1-4-5-13-10-15(21-20-13)18(27)24-8-6-14(7-9-24)25-11-16(22-23-25)17(26)19-12(2)3/h10-12,14H,4-9H2,1-3H3,(H,19,26)(H,20,21). The number of hydrogen-bond donors (Lipinski definition) is 2. The Labute approximate surface area is 158 Å². The fourth-order valence-corrected chi connectivity index (χ4v) is 3.26. The number of nitrogens with zero attached hydrogens (tertiary/aromatic N) is 5. The lowest BCUT2D eigenvalue weighted by Crippen LogP contribution is -2.39. The van der Waals surface area contributed by atoms with Gasteiger partial charge >= 0.3 is 0 Å². The average Bonchev–Trinajstić information content (AvgIpc) is 3.31. The summed E-state index contributed by atoms with van der Waals surface area (Å²) in [5, 5.41) is 18.0.